The van der Waals surface area contributed by atoms with E-state index in [4.69, 9.17) is 12.2 Å². The number of alkyl carbamates (subject to hydrolysis) is 1. The van der Waals surface area contributed by atoms with Gasteiger partial charge in [-0.1, -0.05) is 85.0 Å². The summed E-state index contributed by atoms with van der Waals surface area (Å²) in [6.45, 7) is 1.17. The minimum absolute atomic E-state index is 0.0263. The predicted molar refractivity (Wildman–Crippen MR) is 151 cm³/mol. The molecule has 0 spiro atoms. The molecule has 1 heterocycles. The Morgan fingerprint density at radius 2 is 1.74 bits per heavy atom. The van der Waals surface area contributed by atoms with Crippen LogP contribution in [0.15, 0.2) is 72.8 Å². The Kier molecular flexibility index (Phi) is 9.17. The molecule has 1 aliphatic heterocycles. The van der Waals surface area contributed by atoms with Gasteiger partial charge in [-0.25, -0.2) is 4.79 Å². The van der Waals surface area contributed by atoms with E-state index >= 15 is 0 Å². The van der Waals surface area contributed by atoms with Gasteiger partial charge < -0.3 is 15.4 Å². The number of carbonyl (C=O) groups excluding carboxylic acids is 3. The first kappa shape index (κ1) is 27.4. The Hall–Kier alpha value is -3.66. The van der Waals surface area contributed by atoms with Crippen molar-refractivity contribution in [2.75, 3.05) is 20.2 Å². The number of nitrogens with one attached hydrogen (secondary N) is 4. The third kappa shape index (κ3) is 6.61. The molecule has 3 aromatic carbocycles. The van der Waals surface area contributed by atoms with E-state index in [1.807, 2.05) is 72.8 Å². The van der Waals surface area contributed by atoms with E-state index in [-0.39, 0.29) is 17.3 Å². The number of carbonyl (C=O) groups is 3. The van der Waals surface area contributed by atoms with Crippen LogP contribution in [-0.2, 0) is 27.3 Å². The summed E-state index contributed by atoms with van der Waals surface area (Å²) in [5, 5.41) is 13.9. The number of ether oxygens (including phenoxy) is 1. The number of methoxy groups -OCH3 is 1. The molecule has 0 bridgehead atoms. The molecule has 0 aliphatic carbocycles. The molecule has 0 aromatic heterocycles. The molecule has 0 unspecified atom stereocenters. The lowest BCUT2D eigenvalue weighted by atomic mass is 9.93. The molecular formula is C29H32N4O4S. The number of Topliss-reactive ketones (excluding diaryl/α,β-unsaturated/α-hetero) is 1. The lowest BCUT2D eigenvalue weighted by Gasteiger charge is -2.31. The van der Waals surface area contributed by atoms with Crippen LogP contribution in [0.1, 0.15) is 24.0 Å². The van der Waals surface area contributed by atoms with Gasteiger partial charge >= 0.3 is 6.09 Å². The summed E-state index contributed by atoms with van der Waals surface area (Å²) < 4.78 is 4.66. The fraction of sp³-hybridized carbons (Fsp3) is 0.310. The second-order valence-corrected chi connectivity index (χ2v) is 9.76. The SMILES string of the molecule is COC(=O)NC(=S)[C@@]1(C(=O)N[C@@H](Cc2ccc3ccccc3c2)C(=O)CNCc2ccccc2)CCCN1. The molecule has 4 rings (SSSR count). The van der Waals surface area contributed by atoms with Crippen molar-refractivity contribution in [3.63, 3.8) is 0 Å². The Morgan fingerprint density at radius 3 is 2.45 bits per heavy atom. The maximum atomic E-state index is 13.7. The Morgan fingerprint density at radius 1 is 1.00 bits per heavy atom. The van der Waals surface area contributed by atoms with E-state index in [1.54, 1.807) is 0 Å². The molecule has 1 fully saturated rings. The van der Waals surface area contributed by atoms with Crippen molar-refractivity contribution < 1.29 is 19.1 Å². The molecule has 3 aromatic rings. The molecule has 8 nitrogen and oxygen atoms in total. The largest absolute Gasteiger partial charge is 0.453 e. The van der Waals surface area contributed by atoms with Crippen molar-refractivity contribution in [2.45, 2.75) is 37.4 Å². The predicted octanol–water partition coefficient (Wildman–Crippen LogP) is 3.03. The summed E-state index contributed by atoms with van der Waals surface area (Å²) in [6, 6.07) is 23.0. The zero-order chi connectivity index (χ0) is 27.0. The molecule has 9 heteroatoms. The summed E-state index contributed by atoms with van der Waals surface area (Å²) in [4.78, 5) is 38.9. The van der Waals surface area contributed by atoms with Gasteiger partial charge in [0.15, 0.2) is 5.78 Å². The summed E-state index contributed by atoms with van der Waals surface area (Å²) in [7, 11) is 1.23. The molecule has 38 heavy (non-hydrogen) atoms. The summed E-state index contributed by atoms with van der Waals surface area (Å²) in [5.41, 5.74) is 0.681. The van der Waals surface area contributed by atoms with E-state index in [1.165, 1.54) is 7.11 Å². The average molecular weight is 533 g/mol. The van der Waals surface area contributed by atoms with E-state index in [9.17, 15) is 14.4 Å². The van der Waals surface area contributed by atoms with Crippen molar-refractivity contribution in [2.24, 2.45) is 0 Å². The van der Waals surface area contributed by atoms with Crippen LogP contribution < -0.4 is 21.3 Å². The Bertz CT molecular complexity index is 1310. The van der Waals surface area contributed by atoms with Crippen LogP contribution in [0.5, 0.6) is 0 Å². The molecule has 1 aliphatic rings. The summed E-state index contributed by atoms with van der Waals surface area (Å²) in [6.07, 6.45) is 0.656. The van der Waals surface area contributed by atoms with Gasteiger partial charge in [0, 0.05) is 6.54 Å². The first-order valence-electron chi connectivity index (χ1n) is 12.6. The van der Waals surface area contributed by atoms with Gasteiger partial charge in [0.05, 0.1) is 19.7 Å². The maximum Gasteiger partial charge on any atom is 0.411 e. The number of fused-ring (bicyclic) bond motifs is 1. The fourth-order valence-corrected chi connectivity index (χ4v) is 5.01. The number of benzene rings is 3. The van der Waals surface area contributed by atoms with Crippen LogP contribution in [0.4, 0.5) is 4.79 Å². The van der Waals surface area contributed by atoms with Gasteiger partial charge in [0.25, 0.3) is 0 Å². The first-order valence-corrected chi connectivity index (χ1v) is 13.0. The second kappa shape index (κ2) is 12.7. The van der Waals surface area contributed by atoms with Gasteiger partial charge in [-0.2, -0.15) is 0 Å². The van der Waals surface area contributed by atoms with E-state index in [0.717, 1.165) is 21.9 Å². The fourth-order valence-electron chi connectivity index (χ4n) is 4.66. The summed E-state index contributed by atoms with van der Waals surface area (Å²) in [5.74, 6) is -0.596. The van der Waals surface area contributed by atoms with Crippen molar-refractivity contribution >= 4 is 45.8 Å². The highest BCUT2D eigenvalue weighted by atomic mass is 32.1. The van der Waals surface area contributed by atoms with Crippen molar-refractivity contribution in [1.29, 1.82) is 0 Å². The molecule has 0 radical (unpaired) electrons. The molecule has 198 valence electrons. The Balaban J connectivity index is 1.53. The highest BCUT2D eigenvalue weighted by molar-refractivity contribution is 7.80. The zero-order valence-electron chi connectivity index (χ0n) is 21.3. The van der Waals surface area contributed by atoms with Crippen molar-refractivity contribution in [1.82, 2.24) is 21.3 Å². The number of hydrogen-bond donors (Lipinski definition) is 4. The minimum Gasteiger partial charge on any atom is -0.453 e. The highest BCUT2D eigenvalue weighted by Gasteiger charge is 2.46. The molecule has 4 N–H and O–H groups in total. The van der Waals surface area contributed by atoms with Crippen molar-refractivity contribution in [3.05, 3.63) is 83.9 Å². The first-order chi connectivity index (χ1) is 18.4. The number of hydrogen-bond acceptors (Lipinski definition) is 7. The van der Waals surface area contributed by atoms with Crippen LogP contribution in [0, 0.1) is 0 Å². The lowest BCUT2D eigenvalue weighted by Crippen LogP contribution is -2.65. The molecular weight excluding hydrogens is 500 g/mol. The smallest absolute Gasteiger partial charge is 0.411 e. The third-order valence-corrected chi connectivity index (χ3v) is 7.20. The zero-order valence-corrected chi connectivity index (χ0v) is 22.1. The van der Waals surface area contributed by atoms with Gasteiger partial charge in [-0.3, -0.25) is 20.2 Å². The van der Waals surface area contributed by atoms with Crippen LogP contribution in [0.3, 0.4) is 0 Å². The average Bonchev–Trinajstić information content (AvgIpc) is 3.45. The van der Waals surface area contributed by atoms with Crippen molar-refractivity contribution in [3.8, 4) is 0 Å². The lowest BCUT2D eigenvalue weighted by molar-refractivity contribution is -0.129. The quantitative estimate of drug-likeness (QED) is 0.297. The monoisotopic (exact) mass is 532 g/mol. The van der Waals surface area contributed by atoms with Crippen LogP contribution in [0.25, 0.3) is 10.8 Å². The highest BCUT2D eigenvalue weighted by Crippen LogP contribution is 2.22. The van der Waals surface area contributed by atoms with Crippen LogP contribution in [0.2, 0.25) is 0 Å². The van der Waals surface area contributed by atoms with Gasteiger partial charge in [0.1, 0.15) is 10.5 Å². The van der Waals surface area contributed by atoms with Crippen LogP contribution in [-0.4, -0.2) is 54.6 Å². The van der Waals surface area contributed by atoms with E-state index in [2.05, 4.69) is 26.0 Å². The number of ketones is 1. The van der Waals surface area contributed by atoms with Gasteiger partial charge in [0.2, 0.25) is 5.91 Å². The molecule has 2 atom stereocenters. The van der Waals surface area contributed by atoms with E-state index < -0.39 is 23.6 Å². The summed E-state index contributed by atoms with van der Waals surface area (Å²) >= 11 is 5.44. The maximum absolute atomic E-state index is 13.7. The molecule has 0 saturated carbocycles. The number of rotatable bonds is 10. The molecule has 2 amide bonds. The standard InChI is InChI=1S/C29H32N4O4S/c1-37-28(36)33-27(38)29(14-7-15-31-29)26(35)32-24(25(34)19-30-18-20-8-3-2-4-9-20)17-21-12-13-22-10-5-6-11-23(22)16-21/h2-6,8-13,16,24,30-31H,7,14-15,17-19H2,1H3,(H,32,35)(H,33,36,38)/t24-,29-/m0/s1. The minimum atomic E-state index is -1.30. The third-order valence-electron chi connectivity index (χ3n) is 6.75. The normalized spacial score (nSPS) is 17.5. The van der Waals surface area contributed by atoms with Gasteiger partial charge in [-0.15, -0.1) is 0 Å². The number of amides is 2. The number of thiocarbonyl (C=S) groups is 1. The van der Waals surface area contributed by atoms with Crippen LogP contribution >= 0.6 is 12.2 Å². The van der Waals surface area contributed by atoms with E-state index in [0.29, 0.717) is 32.4 Å². The Labute approximate surface area is 227 Å². The van der Waals surface area contributed by atoms with Gasteiger partial charge in [-0.05, 0) is 47.7 Å². The topological polar surface area (TPSA) is 109 Å². The molecule has 1 saturated heterocycles. The second-order valence-electron chi connectivity index (χ2n) is 9.35.